The van der Waals surface area contributed by atoms with Crippen LogP contribution in [0.15, 0.2) is 23.2 Å². The molecule has 0 bridgehead atoms. The summed E-state index contributed by atoms with van der Waals surface area (Å²) in [7, 11) is 5.56. The monoisotopic (exact) mass is 358 g/mol. The molecular formula is C17H28F2N4O2. The van der Waals surface area contributed by atoms with E-state index in [-0.39, 0.29) is 12.3 Å². The number of nitrogens with zero attached hydrogens (tertiary/aromatic N) is 2. The second-order valence-electron chi connectivity index (χ2n) is 5.63. The summed E-state index contributed by atoms with van der Waals surface area (Å²) < 4.78 is 34.8. The van der Waals surface area contributed by atoms with Crippen molar-refractivity contribution in [2.24, 2.45) is 4.99 Å². The lowest BCUT2D eigenvalue weighted by Gasteiger charge is -2.14. The van der Waals surface area contributed by atoms with Crippen LogP contribution in [0.3, 0.4) is 0 Å². The van der Waals surface area contributed by atoms with Gasteiger partial charge in [0.15, 0.2) is 5.96 Å². The van der Waals surface area contributed by atoms with Gasteiger partial charge in [0.05, 0.1) is 13.7 Å². The summed E-state index contributed by atoms with van der Waals surface area (Å²) in [5.41, 5.74) is 0.533. The van der Waals surface area contributed by atoms with Gasteiger partial charge in [0.2, 0.25) is 0 Å². The Balaban J connectivity index is 2.78. The summed E-state index contributed by atoms with van der Waals surface area (Å²) in [4.78, 5) is 6.55. The fraction of sp³-hybridized carbons (Fsp3) is 0.588. The number of hydrogen-bond acceptors (Lipinski definition) is 4. The van der Waals surface area contributed by atoms with E-state index >= 15 is 0 Å². The molecule has 6 nitrogen and oxygen atoms in total. The molecule has 0 atom stereocenters. The Kier molecular flexibility index (Phi) is 9.61. The maximum atomic E-state index is 12.6. The lowest BCUT2D eigenvalue weighted by Crippen LogP contribution is -2.38. The molecule has 142 valence electrons. The summed E-state index contributed by atoms with van der Waals surface area (Å²) >= 11 is 0. The predicted octanol–water partition coefficient (Wildman–Crippen LogP) is 2.30. The third kappa shape index (κ3) is 8.53. The highest BCUT2D eigenvalue weighted by Crippen LogP contribution is 2.26. The minimum atomic E-state index is -2.88. The number of methoxy groups -OCH3 is 1. The maximum absolute atomic E-state index is 12.6. The molecule has 2 N–H and O–H groups in total. The smallest absolute Gasteiger partial charge is 0.387 e. The zero-order valence-electron chi connectivity index (χ0n) is 15.3. The molecule has 0 amide bonds. The van der Waals surface area contributed by atoms with Gasteiger partial charge in [-0.05, 0) is 52.2 Å². The standard InChI is InChI=1S/C17H28F2N4O2/c1-5-20-17(21-9-6-10-23(2)3)22-12-13-11-14(24-4)7-8-15(13)25-16(18)19/h7-8,11,16H,5-6,9-10,12H2,1-4H3,(H2,20,21,22). The minimum Gasteiger partial charge on any atom is -0.497 e. The first-order valence-corrected chi connectivity index (χ1v) is 8.24. The van der Waals surface area contributed by atoms with Gasteiger partial charge in [0.25, 0.3) is 0 Å². The number of nitrogens with one attached hydrogen (secondary N) is 2. The maximum Gasteiger partial charge on any atom is 0.387 e. The van der Waals surface area contributed by atoms with Gasteiger partial charge < -0.3 is 25.0 Å². The van der Waals surface area contributed by atoms with Crippen LogP contribution in [0.2, 0.25) is 0 Å². The molecule has 0 spiro atoms. The minimum absolute atomic E-state index is 0.100. The molecule has 0 unspecified atom stereocenters. The van der Waals surface area contributed by atoms with Crippen LogP contribution >= 0.6 is 0 Å². The SMILES string of the molecule is CCNC(=NCc1cc(OC)ccc1OC(F)F)NCCCN(C)C. The van der Waals surface area contributed by atoms with E-state index in [1.165, 1.54) is 13.2 Å². The van der Waals surface area contributed by atoms with Gasteiger partial charge in [-0.3, -0.25) is 0 Å². The van der Waals surface area contributed by atoms with E-state index in [9.17, 15) is 8.78 Å². The van der Waals surface area contributed by atoms with E-state index in [1.807, 2.05) is 21.0 Å². The molecule has 8 heteroatoms. The fourth-order valence-corrected chi connectivity index (χ4v) is 2.13. The number of aliphatic imine (C=N–C) groups is 1. The van der Waals surface area contributed by atoms with Crippen molar-refractivity contribution in [3.05, 3.63) is 23.8 Å². The van der Waals surface area contributed by atoms with Crippen molar-refractivity contribution in [3.63, 3.8) is 0 Å². The Hall–Kier alpha value is -2.09. The first kappa shape index (κ1) is 21.0. The van der Waals surface area contributed by atoms with Crippen molar-refractivity contribution in [3.8, 4) is 11.5 Å². The Morgan fingerprint density at radius 3 is 2.64 bits per heavy atom. The number of guanidine groups is 1. The first-order valence-electron chi connectivity index (χ1n) is 8.24. The van der Waals surface area contributed by atoms with Crippen molar-refractivity contribution in [2.45, 2.75) is 26.5 Å². The quantitative estimate of drug-likeness (QED) is 0.382. The van der Waals surface area contributed by atoms with E-state index in [2.05, 4.69) is 25.3 Å². The molecule has 0 radical (unpaired) electrons. The Bertz CT molecular complexity index is 539. The molecule has 0 fully saturated rings. The van der Waals surface area contributed by atoms with Crippen LogP contribution in [0.1, 0.15) is 18.9 Å². The predicted molar refractivity (Wildman–Crippen MR) is 95.6 cm³/mol. The average Bonchev–Trinajstić information content (AvgIpc) is 2.56. The Labute approximate surface area is 148 Å². The van der Waals surface area contributed by atoms with Crippen molar-refractivity contribution in [1.29, 1.82) is 0 Å². The van der Waals surface area contributed by atoms with Gasteiger partial charge in [-0.15, -0.1) is 0 Å². The van der Waals surface area contributed by atoms with E-state index in [1.54, 1.807) is 12.1 Å². The van der Waals surface area contributed by atoms with Crippen LogP contribution in [-0.2, 0) is 6.54 Å². The molecule has 1 aromatic rings. The molecule has 0 aliphatic heterocycles. The van der Waals surface area contributed by atoms with Gasteiger partial charge in [-0.1, -0.05) is 0 Å². The lowest BCUT2D eigenvalue weighted by molar-refractivity contribution is -0.0504. The third-order valence-electron chi connectivity index (χ3n) is 3.31. The molecule has 1 aromatic carbocycles. The number of alkyl halides is 2. The molecule has 25 heavy (non-hydrogen) atoms. The van der Waals surface area contributed by atoms with Crippen LogP contribution in [0.25, 0.3) is 0 Å². The normalized spacial score (nSPS) is 11.8. The second-order valence-corrected chi connectivity index (χ2v) is 5.63. The van der Waals surface area contributed by atoms with Gasteiger partial charge in [-0.2, -0.15) is 8.78 Å². The number of rotatable bonds is 10. The second kappa shape index (κ2) is 11.5. The largest absolute Gasteiger partial charge is 0.497 e. The molecule has 1 rings (SSSR count). The van der Waals surface area contributed by atoms with Crippen molar-refractivity contribution in [1.82, 2.24) is 15.5 Å². The third-order valence-corrected chi connectivity index (χ3v) is 3.31. The molecule has 0 saturated carbocycles. The Morgan fingerprint density at radius 2 is 2.04 bits per heavy atom. The molecule has 0 aliphatic carbocycles. The van der Waals surface area contributed by atoms with Crippen LogP contribution in [0, 0.1) is 0 Å². The van der Waals surface area contributed by atoms with Crippen LogP contribution in [0.5, 0.6) is 11.5 Å². The summed E-state index contributed by atoms with van der Waals surface area (Å²) in [6.07, 6.45) is 0.969. The number of hydrogen-bond donors (Lipinski definition) is 2. The Morgan fingerprint density at radius 1 is 1.28 bits per heavy atom. The highest BCUT2D eigenvalue weighted by Gasteiger charge is 2.11. The molecule has 0 heterocycles. The van der Waals surface area contributed by atoms with Crippen LogP contribution in [0.4, 0.5) is 8.78 Å². The zero-order valence-corrected chi connectivity index (χ0v) is 15.3. The van der Waals surface area contributed by atoms with Crippen LogP contribution in [-0.4, -0.2) is 58.3 Å². The van der Waals surface area contributed by atoms with Crippen molar-refractivity contribution < 1.29 is 18.3 Å². The summed E-state index contributed by atoms with van der Waals surface area (Å²) in [5.74, 6) is 1.30. The summed E-state index contributed by atoms with van der Waals surface area (Å²) in [6.45, 7) is 1.72. The number of benzene rings is 1. The van der Waals surface area contributed by atoms with Gasteiger partial charge in [0.1, 0.15) is 11.5 Å². The van der Waals surface area contributed by atoms with Crippen molar-refractivity contribution in [2.75, 3.05) is 40.8 Å². The number of ether oxygens (including phenoxy) is 2. The van der Waals surface area contributed by atoms with Crippen molar-refractivity contribution >= 4 is 5.96 Å². The molecule has 0 aliphatic rings. The van der Waals surface area contributed by atoms with E-state index in [0.717, 1.165) is 19.5 Å². The lowest BCUT2D eigenvalue weighted by atomic mass is 10.2. The van der Waals surface area contributed by atoms with Gasteiger partial charge in [-0.25, -0.2) is 4.99 Å². The highest BCUT2D eigenvalue weighted by atomic mass is 19.3. The summed E-state index contributed by atoms with van der Waals surface area (Å²) in [5, 5.41) is 6.36. The van der Waals surface area contributed by atoms with Gasteiger partial charge >= 0.3 is 6.61 Å². The molecule has 0 saturated heterocycles. The average molecular weight is 358 g/mol. The highest BCUT2D eigenvalue weighted by molar-refractivity contribution is 5.79. The molecular weight excluding hydrogens is 330 g/mol. The zero-order chi connectivity index (χ0) is 18.7. The van der Waals surface area contributed by atoms with E-state index in [0.29, 0.717) is 23.8 Å². The topological polar surface area (TPSA) is 58.1 Å². The molecule has 0 aromatic heterocycles. The van der Waals surface area contributed by atoms with Gasteiger partial charge in [0, 0.05) is 18.7 Å². The summed E-state index contributed by atoms with van der Waals surface area (Å²) in [6, 6.07) is 4.69. The van der Waals surface area contributed by atoms with Crippen LogP contribution < -0.4 is 20.1 Å². The first-order chi connectivity index (χ1) is 12.0. The fourth-order valence-electron chi connectivity index (χ4n) is 2.13. The van der Waals surface area contributed by atoms with E-state index in [4.69, 9.17) is 4.74 Å². The number of halogens is 2. The van der Waals surface area contributed by atoms with E-state index < -0.39 is 6.61 Å².